The molecule has 3 rings (SSSR count). The minimum Gasteiger partial charge on any atom is -0.468 e. The number of halogens is 1. The summed E-state index contributed by atoms with van der Waals surface area (Å²) >= 11 is 7.45. The van der Waals surface area contributed by atoms with Crippen molar-refractivity contribution in [2.75, 3.05) is 18.4 Å². The number of carbonyl (C=O) groups excluding carboxylic acids is 2. The maximum absolute atomic E-state index is 13.3. The molecule has 0 radical (unpaired) electrons. The van der Waals surface area contributed by atoms with Gasteiger partial charge >= 0.3 is 5.97 Å². The van der Waals surface area contributed by atoms with Crippen molar-refractivity contribution in [3.8, 4) is 0 Å². The van der Waals surface area contributed by atoms with Gasteiger partial charge in [0.1, 0.15) is 5.25 Å². The van der Waals surface area contributed by atoms with Crippen molar-refractivity contribution < 1.29 is 14.3 Å². The van der Waals surface area contributed by atoms with Crippen molar-refractivity contribution in [3.63, 3.8) is 0 Å². The molecule has 0 spiro atoms. The highest BCUT2D eigenvalue weighted by atomic mass is 35.5. The highest BCUT2D eigenvalue weighted by Crippen LogP contribution is 2.31. The maximum atomic E-state index is 13.3. The van der Waals surface area contributed by atoms with Crippen molar-refractivity contribution in [1.82, 2.24) is 0 Å². The summed E-state index contributed by atoms with van der Waals surface area (Å²) in [6.07, 6.45) is 5.37. The largest absolute Gasteiger partial charge is 0.468 e. The summed E-state index contributed by atoms with van der Waals surface area (Å²) in [7, 11) is 1.36. The number of benzene rings is 2. The third-order valence-corrected chi connectivity index (χ3v) is 5.64. The molecule has 2 aromatic rings. The van der Waals surface area contributed by atoms with Crippen LogP contribution in [0.25, 0.3) is 5.57 Å². The quantitative estimate of drug-likeness (QED) is 0.469. The maximum Gasteiger partial charge on any atom is 0.322 e. The summed E-state index contributed by atoms with van der Waals surface area (Å²) in [6, 6.07) is 16.5. The molecule has 30 heavy (non-hydrogen) atoms. The number of ether oxygens (including phenoxy) is 1. The topological polar surface area (TPSA) is 59.0 Å². The van der Waals surface area contributed by atoms with Gasteiger partial charge in [0, 0.05) is 5.02 Å². The molecule has 5 nitrogen and oxygen atoms in total. The number of rotatable bonds is 6. The van der Waals surface area contributed by atoms with E-state index in [4.69, 9.17) is 16.3 Å². The van der Waals surface area contributed by atoms with Crippen LogP contribution >= 0.6 is 23.4 Å². The van der Waals surface area contributed by atoms with Crippen LogP contribution < -0.4 is 5.01 Å². The molecule has 1 aliphatic heterocycles. The van der Waals surface area contributed by atoms with Gasteiger partial charge in [-0.05, 0) is 42.5 Å². The second kappa shape index (κ2) is 9.78. The summed E-state index contributed by atoms with van der Waals surface area (Å²) in [5.41, 5.74) is 3.19. The number of hydrazone groups is 1. The van der Waals surface area contributed by atoms with Crippen molar-refractivity contribution in [2.24, 2.45) is 5.10 Å². The predicted molar refractivity (Wildman–Crippen MR) is 124 cm³/mol. The Balaban J connectivity index is 2.09. The van der Waals surface area contributed by atoms with Gasteiger partial charge in [-0.25, -0.2) is 0 Å². The molecule has 0 saturated carbocycles. The summed E-state index contributed by atoms with van der Waals surface area (Å²) in [5, 5.41) is 5.85. The first-order valence-electron chi connectivity index (χ1n) is 9.20. The number of hydrogen-bond donors (Lipinski definition) is 0. The fourth-order valence-electron chi connectivity index (χ4n) is 3.09. The Morgan fingerprint density at radius 2 is 1.93 bits per heavy atom. The van der Waals surface area contributed by atoms with Crippen LogP contribution in [-0.4, -0.2) is 36.2 Å². The second-order valence-corrected chi connectivity index (χ2v) is 7.89. The number of thioether (sulfide) groups is 1. The van der Waals surface area contributed by atoms with Crippen LogP contribution in [0.15, 0.2) is 77.4 Å². The van der Waals surface area contributed by atoms with Gasteiger partial charge in [0.05, 0.1) is 24.1 Å². The first kappa shape index (κ1) is 21.9. The van der Waals surface area contributed by atoms with Crippen LogP contribution in [0.2, 0.25) is 5.02 Å². The van der Waals surface area contributed by atoms with E-state index in [-0.39, 0.29) is 11.9 Å². The molecule has 0 N–H and O–H groups in total. The first-order chi connectivity index (χ1) is 14.5. The first-order valence-corrected chi connectivity index (χ1v) is 10.9. The number of amides is 1. The Bertz CT molecular complexity index is 1050. The minimum atomic E-state index is -0.480. The minimum absolute atomic E-state index is 0.253. The molecule has 0 saturated heterocycles. The van der Waals surface area contributed by atoms with E-state index in [2.05, 4.69) is 5.10 Å². The summed E-state index contributed by atoms with van der Waals surface area (Å²) in [5.74, 6) is -0.600. The smallest absolute Gasteiger partial charge is 0.322 e. The molecule has 0 bridgehead atoms. The van der Waals surface area contributed by atoms with Crippen LogP contribution in [0.1, 0.15) is 12.5 Å². The van der Waals surface area contributed by atoms with Crippen molar-refractivity contribution >= 4 is 52.2 Å². The van der Waals surface area contributed by atoms with Gasteiger partial charge in [-0.1, -0.05) is 60.2 Å². The Hall–Kier alpha value is -2.83. The molecular formula is C23H21ClN2O3S. The van der Waals surface area contributed by atoms with Crippen molar-refractivity contribution in [3.05, 3.63) is 82.9 Å². The van der Waals surface area contributed by atoms with Crippen molar-refractivity contribution in [2.45, 2.75) is 12.2 Å². The zero-order chi connectivity index (χ0) is 21.7. The summed E-state index contributed by atoms with van der Waals surface area (Å²) in [4.78, 5) is 25.3. The molecule has 1 aliphatic rings. The number of methoxy groups -OCH3 is 1. The Kier molecular flexibility index (Phi) is 7.13. The molecule has 1 heterocycles. The van der Waals surface area contributed by atoms with Crippen LogP contribution in [0.3, 0.4) is 0 Å². The fraction of sp³-hybridized carbons (Fsp3) is 0.174. The summed E-state index contributed by atoms with van der Waals surface area (Å²) in [6.45, 7) is 1.79. The van der Waals surface area contributed by atoms with E-state index in [9.17, 15) is 9.59 Å². The van der Waals surface area contributed by atoms with Crippen molar-refractivity contribution in [1.29, 1.82) is 0 Å². The van der Waals surface area contributed by atoms with Crippen LogP contribution in [0, 0.1) is 0 Å². The van der Waals surface area contributed by atoms with E-state index >= 15 is 0 Å². The molecule has 0 fully saturated rings. The van der Waals surface area contributed by atoms with Crippen LogP contribution in [-0.2, 0) is 14.3 Å². The predicted octanol–water partition coefficient (Wildman–Crippen LogP) is 4.98. The summed E-state index contributed by atoms with van der Waals surface area (Å²) < 4.78 is 4.86. The molecule has 0 aliphatic carbocycles. The van der Waals surface area contributed by atoms with E-state index in [0.29, 0.717) is 27.6 Å². The fourth-order valence-corrected chi connectivity index (χ4v) is 3.80. The van der Waals surface area contributed by atoms with Gasteiger partial charge < -0.3 is 4.74 Å². The highest BCUT2D eigenvalue weighted by Gasteiger charge is 2.31. The number of esters is 1. The Morgan fingerprint density at radius 1 is 1.20 bits per heavy atom. The van der Waals surface area contributed by atoms with Gasteiger partial charge in [0.25, 0.3) is 5.91 Å². The lowest BCUT2D eigenvalue weighted by molar-refractivity contribution is -0.139. The number of hydrogen-bond acceptors (Lipinski definition) is 5. The van der Waals surface area contributed by atoms with Crippen LogP contribution in [0.4, 0.5) is 5.69 Å². The highest BCUT2D eigenvalue weighted by molar-refractivity contribution is 8.00. The normalized spacial score (nSPS) is 16.6. The van der Waals surface area contributed by atoms with E-state index in [1.165, 1.54) is 23.9 Å². The molecule has 7 heteroatoms. The average Bonchev–Trinajstić information content (AvgIpc) is 3.05. The van der Waals surface area contributed by atoms with Gasteiger partial charge in [-0.2, -0.15) is 10.1 Å². The number of carbonyl (C=O) groups is 2. The van der Waals surface area contributed by atoms with E-state index < -0.39 is 5.25 Å². The third-order valence-electron chi connectivity index (χ3n) is 4.55. The van der Waals surface area contributed by atoms with Gasteiger partial charge in [0.15, 0.2) is 0 Å². The standard InChI is InChI=1S/C23H21ClN2O3S/c1-15-21(22(27)26(25-15)18-11-7-10-17(24)14-18)19(16-8-5-4-6-9-16)12-13-20(30-3)23(28)29-2/h4-14,20H,1-3H3/b13-12+,21-19+. The van der Waals surface area contributed by atoms with Gasteiger partial charge in [-0.3, -0.25) is 9.59 Å². The lowest BCUT2D eigenvalue weighted by Gasteiger charge is -2.13. The SMILES string of the molecule is COC(=O)C(/C=C/C(=C1\C(=O)N(c2cccc(Cl)c2)N=C1C)c1ccccc1)SC. The van der Waals surface area contributed by atoms with Gasteiger partial charge in [0.2, 0.25) is 0 Å². The van der Waals surface area contributed by atoms with Crippen LogP contribution in [0.5, 0.6) is 0 Å². The number of nitrogens with zero attached hydrogens (tertiary/aromatic N) is 2. The molecule has 1 unspecified atom stereocenters. The average molecular weight is 441 g/mol. The Labute approximate surface area is 185 Å². The number of anilines is 1. The monoisotopic (exact) mass is 440 g/mol. The van der Waals surface area contributed by atoms with E-state index in [1.54, 1.807) is 43.3 Å². The number of allylic oxidation sites excluding steroid dienone is 2. The second-order valence-electron chi connectivity index (χ2n) is 6.48. The Morgan fingerprint density at radius 3 is 2.57 bits per heavy atom. The molecule has 0 aromatic heterocycles. The van der Waals surface area contributed by atoms with E-state index in [1.807, 2.05) is 36.6 Å². The molecule has 1 atom stereocenters. The lowest BCUT2D eigenvalue weighted by atomic mass is 9.96. The molecule has 154 valence electrons. The molecule has 1 amide bonds. The zero-order valence-electron chi connectivity index (χ0n) is 16.8. The third kappa shape index (κ3) is 4.66. The molecular weight excluding hydrogens is 420 g/mol. The lowest BCUT2D eigenvalue weighted by Crippen LogP contribution is -2.22. The van der Waals surface area contributed by atoms with Gasteiger partial charge in [-0.15, -0.1) is 11.8 Å². The molecule has 2 aromatic carbocycles. The van der Waals surface area contributed by atoms with E-state index in [0.717, 1.165) is 5.56 Å². The zero-order valence-corrected chi connectivity index (χ0v) is 18.4.